The molecular formula is C15H23F3N2O. The van der Waals surface area contributed by atoms with Crippen molar-refractivity contribution >= 4 is 0 Å². The van der Waals surface area contributed by atoms with Crippen LogP contribution in [-0.2, 0) is 4.74 Å². The van der Waals surface area contributed by atoms with Gasteiger partial charge in [0.15, 0.2) is 5.60 Å². The van der Waals surface area contributed by atoms with Gasteiger partial charge in [-0.2, -0.15) is 18.4 Å². The van der Waals surface area contributed by atoms with E-state index < -0.39 is 11.8 Å². The normalized spacial score (nSPS) is 33.2. The molecule has 3 nitrogen and oxygen atoms in total. The van der Waals surface area contributed by atoms with Crippen molar-refractivity contribution in [3.8, 4) is 6.07 Å². The van der Waals surface area contributed by atoms with Gasteiger partial charge in [-0.1, -0.05) is 6.92 Å². The lowest BCUT2D eigenvalue weighted by molar-refractivity contribution is -0.322. The summed E-state index contributed by atoms with van der Waals surface area (Å²) in [6.07, 6.45) is -0.199. The predicted octanol–water partition coefficient (Wildman–Crippen LogP) is 3.50. The monoisotopic (exact) mass is 304 g/mol. The maximum absolute atomic E-state index is 13.1. The minimum atomic E-state index is -4.30. The van der Waals surface area contributed by atoms with E-state index in [0.717, 1.165) is 25.7 Å². The molecular weight excluding hydrogens is 281 g/mol. The maximum atomic E-state index is 13.1. The molecule has 0 aromatic rings. The van der Waals surface area contributed by atoms with Crippen LogP contribution in [-0.4, -0.2) is 42.4 Å². The Morgan fingerprint density at radius 3 is 2.29 bits per heavy atom. The van der Waals surface area contributed by atoms with Gasteiger partial charge in [0.2, 0.25) is 0 Å². The molecule has 2 rings (SSSR count). The Labute approximate surface area is 124 Å². The number of hydrogen-bond donors (Lipinski definition) is 0. The Hall–Kier alpha value is -0.800. The molecule has 0 N–H and O–H groups in total. The molecule has 1 saturated heterocycles. The minimum absolute atomic E-state index is 0.0388. The highest BCUT2D eigenvalue weighted by Gasteiger charge is 2.63. The number of nitrogens with zero attached hydrogens (tertiary/aromatic N) is 2. The first-order valence-corrected chi connectivity index (χ1v) is 7.57. The lowest BCUT2D eigenvalue weighted by Crippen LogP contribution is -2.72. The number of hydrogen-bond acceptors (Lipinski definition) is 3. The van der Waals surface area contributed by atoms with Crippen molar-refractivity contribution in [2.75, 3.05) is 19.7 Å². The average molecular weight is 304 g/mol. The first-order valence-electron chi connectivity index (χ1n) is 7.57. The van der Waals surface area contributed by atoms with Gasteiger partial charge in [-0.15, -0.1) is 0 Å². The Morgan fingerprint density at radius 2 is 1.86 bits per heavy atom. The zero-order chi connectivity index (χ0) is 15.7. The van der Waals surface area contributed by atoms with E-state index >= 15 is 0 Å². The van der Waals surface area contributed by atoms with Crippen LogP contribution in [0.15, 0.2) is 0 Å². The zero-order valence-electron chi connectivity index (χ0n) is 12.7. The van der Waals surface area contributed by atoms with E-state index in [-0.39, 0.29) is 31.2 Å². The number of halogens is 3. The molecule has 120 valence electrons. The Bertz CT molecular complexity index is 402. The summed E-state index contributed by atoms with van der Waals surface area (Å²) in [6, 6.07) is 2.42. The fourth-order valence-corrected chi connectivity index (χ4v) is 3.53. The minimum Gasteiger partial charge on any atom is -0.363 e. The van der Waals surface area contributed by atoms with Crippen molar-refractivity contribution in [1.29, 1.82) is 5.26 Å². The number of alkyl halides is 3. The van der Waals surface area contributed by atoms with Crippen LogP contribution >= 0.6 is 0 Å². The number of ether oxygens (including phenoxy) is 1. The van der Waals surface area contributed by atoms with Crippen LogP contribution in [0.2, 0.25) is 0 Å². The lowest BCUT2D eigenvalue weighted by Gasteiger charge is -2.54. The van der Waals surface area contributed by atoms with Crippen LogP contribution in [0, 0.1) is 16.7 Å². The van der Waals surface area contributed by atoms with E-state index in [4.69, 9.17) is 10.00 Å². The van der Waals surface area contributed by atoms with Gasteiger partial charge in [0.25, 0.3) is 0 Å². The van der Waals surface area contributed by atoms with Crippen molar-refractivity contribution in [1.82, 2.24) is 4.90 Å². The third-order valence-corrected chi connectivity index (χ3v) is 5.04. The summed E-state index contributed by atoms with van der Waals surface area (Å²) in [5.74, 6) is 0. The van der Waals surface area contributed by atoms with Crippen molar-refractivity contribution in [3.05, 3.63) is 0 Å². The Kier molecular flexibility index (Phi) is 4.55. The standard InChI is InChI=1S/C15H23F3N2O/c1-3-21-14(15(16,17)18)10-20(11-14)12-4-6-13(2,7-5-12)8-9-19/h12H,3-8,10-11H2,1-2H3/t12-,13-. The highest BCUT2D eigenvalue weighted by atomic mass is 19.4. The molecule has 1 saturated carbocycles. The molecule has 0 amide bonds. The molecule has 1 aliphatic carbocycles. The van der Waals surface area contributed by atoms with Gasteiger partial charge >= 0.3 is 6.18 Å². The van der Waals surface area contributed by atoms with E-state index in [1.807, 2.05) is 4.90 Å². The number of nitriles is 1. The summed E-state index contributed by atoms with van der Waals surface area (Å²) in [5, 5.41) is 8.83. The molecule has 2 fully saturated rings. The van der Waals surface area contributed by atoms with Crippen molar-refractivity contribution < 1.29 is 17.9 Å². The smallest absolute Gasteiger partial charge is 0.363 e. The van der Waals surface area contributed by atoms with E-state index in [2.05, 4.69) is 13.0 Å². The molecule has 1 heterocycles. The van der Waals surface area contributed by atoms with Crippen LogP contribution in [0.4, 0.5) is 13.2 Å². The van der Waals surface area contributed by atoms with E-state index in [0.29, 0.717) is 6.42 Å². The molecule has 0 radical (unpaired) electrons. The predicted molar refractivity (Wildman–Crippen MR) is 72.6 cm³/mol. The quantitative estimate of drug-likeness (QED) is 0.797. The summed E-state index contributed by atoms with van der Waals surface area (Å²) in [7, 11) is 0. The molecule has 0 aromatic heterocycles. The van der Waals surface area contributed by atoms with Gasteiger partial charge in [-0.05, 0) is 38.0 Å². The first-order chi connectivity index (χ1) is 9.75. The third-order valence-electron chi connectivity index (χ3n) is 5.04. The second kappa shape index (κ2) is 5.77. The van der Waals surface area contributed by atoms with E-state index in [1.165, 1.54) is 0 Å². The summed E-state index contributed by atoms with van der Waals surface area (Å²) in [5.41, 5.74) is -1.92. The van der Waals surface area contributed by atoms with Crippen molar-refractivity contribution in [2.45, 2.75) is 63.8 Å². The molecule has 6 heteroatoms. The average Bonchev–Trinajstić information content (AvgIpc) is 2.33. The van der Waals surface area contributed by atoms with Crippen LogP contribution in [0.3, 0.4) is 0 Å². The first kappa shape index (κ1) is 16.6. The van der Waals surface area contributed by atoms with Gasteiger partial charge in [0.1, 0.15) is 0 Å². The fraction of sp³-hybridized carbons (Fsp3) is 0.933. The summed E-state index contributed by atoms with van der Waals surface area (Å²) >= 11 is 0. The molecule has 0 spiro atoms. The highest BCUT2D eigenvalue weighted by Crippen LogP contribution is 2.46. The van der Waals surface area contributed by atoms with Gasteiger partial charge in [-0.3, -0.25) is 4.90 Å². The highest BCUT2D eigenvalue weighted by molar-refractivity contribution is 5.06. The molecule has 0 unspecified atom stereocenters. The number of rotatable bonds is 4. The molecule has 0 atom stereocenters. The van der Waals surface area contributed by atoms with Crippen molar-refractivity contribution in [3.63, 3.8) is 0 Å². The Morgan fingerprint density at radius 1 is 1.29 bits per heavy atom. The SMILES string of the molecule is CCOC1(C(F)(F)F)CN([C@H]2CC[C@](C)(CC#N)CC2)C1. The lowest BCUT2D eigenvalue weighted by atomic mass is 9.71. The fourth-order valence-electron chi connectivity index (χ4n) is 3.53. The van der Waals surface area contributed by atoms with E-state index in [1.54, 1.807) is 6.92 Å². The topological polar surface area (TPSA) is 36.3 Å². The molecule has 2 aliphatic rings. The van der Waals surface area contributed by atoms with Crippen LogP contribution in [0.1, 0.15) is 46.0 Å². The number of likely N-dealkylation sites (tertiary alicyclic amines) is 1. The maximum Gasteiger partial charge on any atom is 0.419 e. The van der Waals surface area contributed by atoms with Gasteiger partial charge < -0.3 is 4.74 Å². The van der Waals surface area contributed by atoms with Crippen LogP contribution < -0.4 is 0 Å². The molecule has 1 aliphatic heterocycles. The van der Waals surface area contributed by atoms with Gasteiger partial charge in [0, 0.05) is 32.2 Å². The second-order valence-electron chi connectivity index (χ2n) is 6.71. The molecule has 21 heavy (non-hydrogen) atoms. The Balaban J connectivity index is 1.89. The molecule has 0 bridgehead atoms. The van der Waals surface area contributed by atoms with Gasteiger partial charge in [-0.25, -0.2) is 0 Å². The zero-order valence-corrected chi connectivity index (χ0v) is 12.7. The van der Waals surface area contributed by atoms with Crippen LogP contribution in [0.25, 0.3) is 0 Å². The molecule has 0 aromatic carbocycles. The third kappa shape index (κ3) is 3.19. The van der Waals surface area contributed by atoms with Crippen LogP contribution in [0.5, 0.6) is 0 Å². The second-order valence-corrected chi connectivity index (χ2v) is 6.71. The van der Waals surface area contributed by atoms with Gasteiger partial charge in [0.05, 0.1) is 6.07 Å². The van der Waals surface area contributed by atoms with Crippen molar-refractivity contribution in [2.24, 2.45) is 5.41 Å². The van der Waals surface area contributed by atoms with E-state index in [9.17, 15) is 13.2 Å². The summed E-state index contributed by atoms with van der Waals surface area (Å²) < 4.78 is 44.4. The summed E-state index contributed by atoms with van der Waals surface area (Å²) in [6.45, 7) is 3.68. The summed E-state index contributed by atoms with van der Waals surface area (Å²) in [4.78, 5) is 1.90. The largest absolute Gasteiger partial charge is 0.419 e.